The van der Waals surface area contributed by atoms with Crippen LogP contribution in [0.2, 0.25) is 0 Å². The highest BCUT2D eigenvalue weighted by molar-refractivity contribution is 5.91. The van der Waals surface area contributed by atoms with E-state index in [2.05, 4.69) is 20.6 Å². The third kappa shape index (κ3) is 4.98. The number of primary amides is 1. The molecule has 8 nitrogen and oxygen atoms in total. The third-order valence-corrected chi connectivity index (χ3v) is 3.88. The van der Waals surface area contributed by atoms with Gasteiger partial charge >= 0.3 is 0 Å². The summed E-state index contributed by atoms with van der Waals surface area (Å²) in [5.41, 5.74) is 7.40. The van der Waals surface area contributed by atoms with Crippen molar-refractivity contribution < 1.29 is 14.4 Å². The van der Waals surface area contributed by atoms with Gasteiger partial charge in [0.2, 0.25) is 17.7 Å². The number of benzene rings is 1. The first-order valence-corrected chi connectivity index (χ1v) is 8.35. The van der Waals surface area contributed by atoms with Crippen molar-refractivity contribution in [2.75, 3.05) is 0 Å². The van der Waals surface area contributed by atoms with Gasteiger partial charge in [0.05, 0.1) is 16.7 Å². The second-order valence-corrected chi connectivity index (χ2v) is 6.44. The lowest BCUT2D eigenvalue weighted by molar-refractivity contribution is -0.131. The second kappa shape index (κ2) is 8.37. The van der Waals surface area contributed by atoms with Gasteiger partial charge in [-0.05, 0) is 18.1 Å². The molecule has 0 radical (unpaired) electrons. The Hall–Kier alpha value is -3.03. The van der Waals surface area contributed by atoms with Crippen LogP contribution in [0, 0.1) is 5.92 Å². The van der Waals surface area contributed by atoms with Crippen molar-refractivity contribution in [3.63, 3.8) is 0 Å². The maximum absolute atomic E-state index is 12.5. The van der Waals surface area contributed by atoms with Crippen LogP contribution in [0.3, 0.4) is 0 Å². The van der Waals surface area contributed by atoms with Crippen molar-refractivity contribution in [1.82, 2.24) is 20.6 Å². The minimum absolute atomic E-state index is 0.115. The zero-order valence-electron chi connectivity index (χ0n) is 15.0. The molecule has 0 saturated carbocycles. The average Bonchev–Trinajstić information content (AvgIpc) is 2.58. The molecule has 8 heteroatoms. The molecule has 1 aromatic heterocycles. The van der Waals surface area contributed by atoms with Crippen LogP contribution in [0.4, 0.5) is 0 Å². The smallest absolute Gasteiger partial charge is 0.243 e. The number of carbonyl (C=O) groups is 3. The number of nitrogens with two attached hydrogens (primary N) is 1. The van der Waals surface area contributed by atoms with E-state index >= 15 is 0 Å². The fourth-order valence-electron chi connectivity index (χ4n) is 2.54. The Labute approximate surface area is 151 Å². The summed E-state index contributed by atoms with van der Waals surface area (Å²) in [6.07, 6.45) is 1.67. The van der Waals surface area contributed by atoms with Gasteiger partial charge in [0.25, 0.3) is 0 Å². The lowest BCUT2D eigenvalue weighted by atomic mass is 10.0. The molecule has 4 N–H and O–H groups in total. The molecule has 0 unspecified atom stereocenters. The first kappa shape index (κ1) is 19.3. The van der Waals surface area contributed by atoms with Gasteiger partial charge in [0.15, 0.2) is 0 Å². The largest absolute Gasteiger partial charge is 0.368 e. The Balaban J connectivity index is 2.15. The average molecular weight is 357 g/mol. The Bertz CT molecular complexity index is 821. The standard InChI is InChI=1S/C18H23N5O3/c1-10(2)16(21-11(3)24)18(26)23-15(17(19)25)8-12-9-20-13-6-4-5-7-14(13)22-12/h4-7,9-10,15-16H,8H2,1-3H3,(H2,19,25)(H,21,24)(H,23,26)/t15-,16+/m0/s1. The lowest BCUT2D eigenvalue weighted by Gasteiger charge is -2.23. The van der Waals surface area contributed by atoms with E-state index in [1.807, 2.05) is 24.3 Å². The summed E-state index contributed by atoms with van der Waals surface area (Å²) in [6.45, 7) is 4.93. The molecule has 3 amide bonds. The number of carbonyl (C=O) groups excluding carboxylic acids is 3. The Morgan fingerprint density at radius 2 is 1.77 bits per heavy atom. The number of fused-ring (bicyclic) bond motifs is 1. The lowest BCUT2D eigenvalue weighted by Crippen LogP contribution is -2.55. The van der Waals surface area contributed by atoms with Gasteiger partial charge < -0.3 is 16.4 Å². The number of nitrogens with zero attached hydrogens (tertiary/aromatic N) is 2. The van der Waals surface area contributed by atoms with E-state index in [1.165, 1.54) is 6.92 Å². The predicted molar refractivity (Wildman–Crippen MR) is 96.8 cm³/mol. The summed E-state index contributed by atoms with van der Waals surface area (Å²) in [6, 6.07) is 5.64. The highest BCUT2D eigenvalue weighted by Crippen LogP contribution is 2.10. The van der Waals surface area contributed by atoms with Crippen LogP contribution in [0.25, 0.3) is 11.0 Å². The van der Waals surface area contributed by atoms with E-state index in [1.54, 1.807) is 20.0 Å². The number of amides is 3. The third-order valence-electron chi connectivity index (χ3n) is 3.88. The predicted octanol–water partition coefficient (Wildman–Crippen LogP) is 0.303. The fraction of sp³-hybridized carbons (Fsp3) is 0.389. The number of aromatic nitrogens is 2. The molecule has 0 fully saturated rings. The Morgan fingerprint density at radius 3 is 2.35 bits per heavy atom. The molecule has 0 aliphatic carbocycles. The van der Waals surface area contributed by atoms with Crippen LogP contribution in [0.1, 0.15) is 26.5 Å². The van der Waals surface area contributed by atoms with Gasteiger partial charge in [0.1, 0.15) is 12.1 Å². The van der Waals surface area contributed by atoms with Crippen LogP contribution in [-0.4, -0.2) is 39.8 Å². The van der Waals surface area contributed by atoms with E-state index in [0.29, 0.717) is 11.2 Å². The van der Waals surface area contributed by atoms with Gasteiger partial charge in [-0.1, -0.05) is 26.0 Å². The summed E-state index contributed by atoms with van der Waals surface area (Å²) in [4.78, 5) is 44.3. The SMILES string of the molecule is CC(=O)N[C@@H](C(=O)N[C@@H](Cc1cnc2ccccc2n1)C(N)=O)C(C)C. The molecule has 2 aromatic rings. The Kier molecular flexibility index (Phi) is 6.21. The minimum atomic E-state index is -0.951. The van der Waals surface area contributed by atoms with Gasteiger partial charge in [-0.25, -0.2) is 4.98 Å². The van der Waals surface area contributed by atoms with E-state index < -0.39 is 23.9 Å². The summed E-state index contributed by atoms with van der Waals surface area (Å²) in [5, 5.41) is 5.18. The highest BCUT2D eigenvalue weighted by Gasteiger charge is 2.27. The van der Waals surface area contributed by atoms with Crippen LogP contribution in [0.5, 0.6) is 0 Å². The van der Waals surface area contributed by atoms with E-state index in [-0.39, 0.29) is 18.2 Å². The van der Waals surface area contributed by atoms with E-state index in [0.717, 1.165) is 5.52 Å². The number of para-hydroxylation sites is 2. The van der Waals surface area contributed by atoms with Gasteiger partial charge in [0, 0.05) is 19.5 Å². The maximum atomic E-state index is 12.5. The number of rotatable bonds is 7. The molecule has 0 spiro atoms. The minimum Gasteiger partial charge on any atom is -0.368 e. The molecule has 0 bridgehead atoms. The summed E-state index contributed by atoms with van der Waals surface area (Å²) < 4.78 is 0. The molecule has 0 saturated heterocycles. The van der Waals surface area contributed by atoms with Crippen LogP contribution < -0.4 is 16.4 Å². The van der Waals surface area contributed by atoms with Gasteiger partial charge in [-0.15, -0.1) is 0 Å². The highest BCUT2D eigenvalue weighted by atomic mass is 16.2. The van der Waals surface area contributed by atoms with Crippen molar-refractivity contribution in [2.45, 2.75) is 39.3 Å². The molecular weight excluding hydrogens is 334 g/mol. The number of hydrogen-bond acceptors (Lipinski definition) is 5. The molecule has 0 aliphatic rings. The topological polar surface area (TPSA) is 127 Å². The molecule has 0 aliphatic heterocycles. The summed E-state index contributed by atoms with van der Waals surface area (Å²) in [7, 11) is 0. The molecule has 1 heterocycles. The van der Waals surface area contributed by atoms with Crippen LogP contribution in [-0.2, 0) is 20.8 Å². The zero-order valence-corrected chi connectivity index (χ0v) is 15.0. The molecule has 2 atom stereocenters. The van der Waals surface area contributed by atoms with Crippen LogP contribution in [0.15, 0.2) is 30.5 Å². The normalized spacial score (nSPS) is 13.2. The molecule has 1 aromatic carbocycles. The molecule has 138 valence electrons. The summed E-state index contributed by atoms with van der Waals surface area (Å²) >= 11 is 0. The Morgan fingerprint density at radius 1 is 1.12 bits per heavy atom. The van der Waals surface area contributed by atoms with E-state index in [9.17, 15) is 14.4 Å². The molecule has 2 rings (SSSR count). The van der Waals surface area contributed by atoms with Crippen molar-refractivity contribution in [3.05, 3.63) is 36.2 Å². The van der Waals surface area contributed by atoms with Gasteiger partial charge in [-0.3, -0.25) is 19.4 Å². The van der Waals surface area contributed by atoms with Crippen LogP contribution >= 0.6 is 0 Å². The van der Waals surface area contributed by atoms with Crippen molar-refractivity contribution in [2.24, 2.45) is 11.7 Å². The quantitative estimate of drug-likeness (QED) is 0.657. The van der Waals surface area contributed by atoms with Gasteiger partial charge in [-0.2, -0.15) is 0 Å². The molecular formula is C18H23N5O3. The summed E-state index contributed by atoms with van der Waals surface area (Å²) in [5.74, 6) is -1.62. The first-order chi connectivity index (χ1) is 12.3. The monoisotopic (exact) mass is 357 g/mol. The zero-order chi connectivity index (χ0) is 19.3. The molecule has 26 heavy (non-hydrogen) atoms. The van der Waals surface area contributed by atoms with Crippen molar-refractivity contribution >= 4 is 28.8 Å². The second-order valence-electron chi connectivity index (χ2n) is 6.44. The maximum Gasteiger partial charge on any atom is 0.243 e. The van der Waals surface area contributed by atoms with Crippen molar-refractivity contribution in [1.29, 1.82) is 0 Å². The van der Waals surface area contributed by atoms with Crippen molar-refractivity contribution in [3.8, 4) is 0 Å². The first-order valence-electron chi connectivity index (χ1n) is 8.35. The van der Waals surface area contributed by atoms with E-state index in [4.69, 9.17) is 5.73 Å². The number of hydrogen-bond donors (Lipinski definition) is 3. The fourth-order valence-corrected chi connectivity index (χ4v) is 2.54. The number of nitrogens with one attached hydrogen (secondary N) is 2.